The second-order valence-corrected chi connectivity index (χ2v) is 6.41. The molecule has 19 heavy (non-hydrogen) atoms. The number of aliphatic hydroxyl groups is 1. The van der Waals surface area contributed by atoms with Crippen LogP contribution in [-0.2, 0) is 10.0 Å². The molecule has 0 amide bonds. The summed E-state index contributed by atoms with van der Waals surface area (Å²) in [6.07, 6.45) is 1.32. The molecule has 0 saturated carbocycles. The van der Waals surface area contributed by atoms with E-state index in [2.05, 4.69) is 5.32 Å². The molecule has 1 rings (SSSR count). The van der Waals surface area contributed by atoms with Crippen LogP contribution in [0.2, 0.25) is 0 Å². The smallest absolute Gasteiger partial charge is 0.238 e. The van der Waals surface area contributed by atoms with Gasteiger partial charge in [-0.25, -0.2) is 13.6 Å². The zero-order valence-corrected chi connectivity index (χ0v) is 12.0. The van der Waals surface area contributed by atoms with E-state index < -0.39 is 10.0 Å². The van der Waals surface area contributed by atoms with Gasteiger partial charge in [-0.2, -0.15) is 0 Å². The fourth-order valence-electron chi connectivity index (χ4n) is 1.78. The molecule has 0 aromatic heterocycles. The van der Waals surface area contributed by atoms with Crippen LogP contribution in [0.3, 0.4) is 0 Å². The molecule has 0 radical (unpaired) electrons. The number of hydrogen-bond donors (Lipinski definition) is 4. The Labute approximate surface area is 113 Å². The average Bonchev–Trinajstić information content (AvgIpc) is 2.27. The number of benzene rings is 1. The van der Waals surface area contributed by atoms with Gasteiger partial charge in [0.1, 0.15) is 0 Å². The van der Waals surface area contributed by atoms with Gasteiger partial charge in [-0.05, 0) is 38.0 Å². The summed E-state index contributed by atoms with van der Waals surface area (Å²) in [5, 5.41) is 17.4. The van der Waals surface area contributed by atoms with Crippen LogP contribution in [0, 0.1) is 0 Å². The maximum atomic E-state index is 11.4. The van der Waals surface area contributed by atoms with Crippen LogP contribution in [0.4, 0.5) is 11.4 Å². The number of primary sulfonamides is 1. The largest absolute Gasteiger partial charge is 0.399 e. The number of aliphatic hydroxyl groups excluding tert-OH is 1. The van der Waals surface area contributed by atoms with Crippen molar-refractivity contribution in [1.29, 1.82) is 0 Å². The van der Waals surface area contributed by atoms with Crippen LogP contribution in [0.15, 0.2) is 23.1 Å². The molecule has 1 aromatic carbocycles. The minimum atomic E-state index is -3.79. The molecular formula is C12H21N3O3S. The van der Waals surface area contributed by atoms with Crippen molar-refractivity contribution in [2.75, 3.05) is 17.7 Å². The highest BCUT2D eigenvalue weighted by Crippen LogP contribution is 2.25. The molecule has 7 heteroatoms. The normalized spacial score (nSPS) is 14.9. The molecular weight excluding hydrogens is 266 g/mol. The number of nitrogens with one attached hydrogen (secondary N) is 1. The van der Waals surface area contributed by atoms with E-state index in [-0.39, 0.29) is 17.0 Å². The Hall–Kier alpha value is -1.31. The Morgan fingerprint density at radius 2 is 2.00 bits per heavy atom. The Kier molecular flexibility index (Phi) is 4.78. The number of anilines is 2. The quantitative estimate of drug-likeness (QED) is 0.579. The molecule has 6 nitrogen and oxygen atoms in total. The van der Waals surface area contributed by atoms with Crippen molar-refractivity contribution >= 4 is 21.4 Å². The Bertz CT molecular complexity index is 545. The Morgan fingerprint density at radius 3 is 2.47 bits per heavy atom. The molecule has 0 aliphatic heterocycles. The number of rotatable bonds is 6. The maximum Gasteiger partial charge on any atom is 0.238 e. The molecule has 0 aliphatic rings. The predicted molar refractivity (Wildman–Crippen MR) is 76.2 cm³/mol. The molecule has 1 aromatic rings. The molecule has 0 aliphatic carbocycles. The molecule has 6 N–H and O–H groups in total. The number of sulfonamides is 1. The van der Waals surface area contributed by atoms with E-state index in [0.29, 0.717) is 17.8 Å². The zero-order chi connectivity index (χ0) is 14.7. The van der Waals surface area contributed by atoms with E-state index in [4.69, 9.17) is 16.0 Å². The molecule has 108 valence electrons. The highest BCUT2D eigenvalue weighted by molar-refractivity contribution is 7.89. The summed E-state index contributed by atoms with van der Waals surface area (Å²) in [4.78, 5) is -0.0301. The van der Waals surface area contributed by atoms with Crippen molar-refractivity contribution in [3.8, 4) is 0 Å². The molecule has 1 atom stereocenters. The summed E-state index contributed by atoms with van der Waals surface area (Å²) in [5.74, 6) is 0. The molecule has 0 spiro atoms. The second kappa shape index (κ2) is 5.77. The third-order valence-electron chi connectivity index (χ3n) is 3.15. The highest BCUT2D eigenvalue weighted by Gasteiger charge is 2.21. The third-order valence-corrected chi connectivity index (χ3v) is 4.04. The van der Waals surface area contributed by atoms with Crippen LogP contribution in [0.5, 0.6) is 0 Å². The van der Waals surface area contributed by atoms with E-state index in [9.17, 15) is 8.42 Å². The minimum Gasteiger partial charge on any atom is -0.399 e. The molecule has 0 saturated heterocycles. The summed E-state index contributed by atoms with van der Waals surface area (Å²) >= 11 is 0. The van der Waals surface area contributed by atoms with Gasteiger partial charge in [0.15, 0.2) is 0 Å². The molecule has 0 fully saturated rings. The first kappa shape index (κ1) is 15.7. The molecule has 0 bridgehead atoms. The number of hydrogen-bond acceptors (Lipinski definition) is 5. The Balaban J connectivity index is 3.11. The lowest BCUT2D eigenvalue weighted by Gasteiger charge is -2.30. The summed E-state index contributed by atoms with van der Waals surface area (Å²) in [6, 6.07) is 4.40. The van der Waals surface area contributed by atoms with Crippen molar-refractivity contribution in [1.82, 2.24) is 0 Å². The summed E-state index contributed by atoms with van der Waals surface area (Å²) in [7, 11) is -3.79. The molecule has 0 heterocycles. The lowest BCUT2D eigenvalue weighted by molar-refractivity contribution is 0.252. The van der Waals surface area contributed by atoms with Crippen LogP contribution < -0.4 is 16.2 Å². The fourth-order valence-corrected chi connectivity index (χ4v) is 2.37. The monoisotopic (exact) mass is 287 g/mol. The van der Waals surface area contributed by atoms with Gasteiger partial charge >= 0.3 is 0 Å². The number of nitrogen functional groups attached to an aromatic ring is 1. The van der Waals surface area contributed by atoms with Crippen molar-refractivity contribution < 1.29 is 13.5 Å². The van der Waals surface area contributed by atoms with Gasteiger partial charge < -0.3 is 16.2 Å². The van der Waals surface area contributed by atoms with E-state index in [1.165, 1.54) is 12.1 Å². The first-order valence-corrected chi connectivity index (χ1v) is 7.57. The third kappa shape index (κ3) is 4.38. The van der Waals surface area contributed by atoms with Gasteiger partial charge in [-0.1, -0.05) is 6.92 Å². The maximum absolute atomic E-state index is 11.4. The van der Waals surface area contributed by atoms with Gasteiger partial charge in [0.2, 0.25) is 10.0 Å². The summed E-state index contributed by atoms with van der Waals surface area (Å²) in [5.41, 5.74) is 6.23. The summed E-state index contributed by atoms with van der Waals surface area (Å²) in [6.45, 7) is 3.97. The average molecular weight is 287 g/mol. The van der Waals surface area contributed by atoms with E-state index in [1.807, 2.05) is 13.8 Å². The van der Waals surface area contributed by atoms with Crippen molar-refractivity contribution in [2.45, 2.75) is 37.1 Å². The van der Waals surface area contributed by atoms with E-state index >= 15 is 0 Å². The van der Waals surface area contributed by atoms with Crippen LogP contribution in [-0.4, -0.2) is 25.7 Å². The van der Waals surface area contributed by atoms with Crippen LogP contribution in [0.1, 0.15) is 26.7 Å². The topological polar surface area (TPSA) is 118 Å². The van der Waals surface area contributed by atoms with Crippen molar-refractivity contribution in [3.05, 3.63) is 18.2 Å². The van der Waals surface area contributed by atoms with Crippen molar-refractivity contribution in [3.63, 3.8) is 0 Å². The first-order chi connectivity index (χ1) is 8.70. The van der Waals surface area contributed by atoms with Crippen LogP contribution in [0.25, 0.3) is 0 Å². The van der Waals surface area contributed by atoms with Gasteiger partial charge in [-0.15, -0.1) is 0 Å². The summed E-state index contributed by atoms with van der Waals surface area (Å²) < 4.78 is 22.7. The van der Waals surface area contributed by atoms with E-state index in [1.54, 1.807) is 6.07 Å². The van der Waals surface area contributed by atoms with Crippen molar-refractivity contribution in [2.24, 2.45) is 5.14 Å². The Morgan fingerprint density at radius 1 is 1.37 bits per heavy atom. The lowest BCUT2D eigenvalue weighted by atomic mass is 9.94. The second-order valence-electron chi connectivity index (χ2n) is 4.85. The van der Waals surface area contributed by atoms with E-state index in [0.717, 1.165) is 6.42 Å². The van der Waals surface area contributed by atoms with Gasteiger partial charge in [0.25, 0.3) is 0 Å². The number of nitrogens with two attached hydrogens (primary N) is 2. The fraction of sp³-hybridized carbons (Fsp3) is 0.500. The minimum absolute atomic E-state index is 0.0301. The van der Waals surface area contributed by atoms with Gasteiger partial charge in [0, 0.05) is 23.5 Å². The zero-order valence-electron chi connectivity index (χ0n) is 11.2. The van der Waals surface area contributed by atoms with Gasteiger partial charge in [-0.3, -0.25) is 0 Å². The highest BCUT2D eigenvalue weighted by atomic mass is 32.2. The van der Waals surface area contributed by atoms with Gasteiger partial charge in [0.05, 0.1) is 4.90 Å². The molecule has 1 unspecified atom stereocenters. The SMILES string of the molecule is CCC(C)(CCO)Nc1cc(N)cc(S(N)(=O)=O)c1. The predicted octanol–water partition coefficient (Wildman–Crippen LogP) is 0.879. The standard InChI is InChI=1S/C12H21N3O3S/c1-3-12(2,4-5-16)15-10-6-9(13)7-11(8-10)19(14,17)18/h6-8,15-16H,3-5,13H2,1-2H3,(H2,14,17,18). The van der Waals surface area contributed by atoms with Crippen LogP contribution >= 0.6 is 0 Å². The lowest BCUT2D eigenvalue weighted by Crippen LogP contribution is -2.35. The first-order valence-electron chi connectivity index (χ1n) is 6.02.